The van der Waals surface area contributed by atoms with Crippen molar-refractivity contribution in [3.63, 3.8) is 0 Å². The summed E-state index contributed by atoms with van der Waals surface area (Å²) in [5.74, 6) is 0. The van der Waals surface area contributed by atoms with Crippen molar-refractivity contribution >= 4 is 0 Å². The maximum absolute atomic E-state index is 6.33. The summed E-state index contributed by atoms with van der Waals surface area (Å²) in [7, 11) is 0. The largest absolute Gasteiger partial charge is 1.00 e. The zero-order valence-electron chi connectivity index (χ0n) is 4.87. The molecule has 0 amide bonds. The van der Waals surface area contributed by atoms with Gasteiger partial charge in [0.2, 0.25) is 0 Å². The summed E-state index contributed by atoms with van der Waals surface area (Å²) in [5, 5.41) is 0. The van der Waals surface area contributed by atoms with Gasteiger partial charge < -0.3 is 12.9 Å². The van der Waals surface area contributed by atoms with Gasteiger partial charge in [-0.3, -0.25) is 0 Å². The molecule has 3 N–H and O–H groups in total. The van der Waals surface area contributed by atoms with Crippen LogP contribution in [0.2, 0.25) is 0 Å². The van der Waals surface area contributed by atoms with E-state index in [2.05, 4.69) is 0 Å². The first-order chi connectivity index (χ1) is 1.91. The van der Waals surface area contributed by atoms with E-state index in [0.717, 1.165) is 0 Å². The van der Waals surface area contributed by atoms with Gasteiger partial charge in [-0.05, 0) is 6.54 Å². The third-order valence-electron chi connectivity index (χ3n) is 0.144. The van der Waals surface area contributed by atoms with Gasteiger partial charge in [-0.15, -0.1) is 6.54 Å². The molecule has 6 heavy (non-hydrogen) atoms. The van der Waals surface area contributed by atoms with Gasteiger partial charge in [0, 0.05) is 17.1 Å². The van der Waals surface area contributed by atoms with Crippen LogP contribution in [0, 0.1) is 0 Å². The Labute approximate surface area is 72.3 Å². The van der Waals surface area contributed by atoms with Crippen LogP contribution in [0.4, 0.5) is 0 Å². The zero-order valence-corrected chi connectivity index (χ0v) is 7.05. The quantitative estimate of drug-likeness (QED) is 0.388. The summed E-state index contributed by atoms with van der Waals surface area (Å²) in [6.07, 6.45) is 0. The van der Waals surface area contributed by atoms with E-state index in [-0.39, 0.29) is 48.1 Å². The van der Waals surface area contributed by atoms with Crippen molar-refractivity contribution in [3.8, 4) is 0 Å². The van der Waals surface area contributed by atoms with Crippen LogP contribution in [-0.2, 0) is 17.1 Å². The Bertz CT molecular complexity index is 17.7. The van der Waals surface area contributed by atoms with Gasteiger partial charge in [0.05, 0.1) is 0 Å². The normalized spacial score (nSPS) is 5.00. The predicted molar refractivity (Wildman–Crippen MR) is 19.4 cm³/mol. The summed E-state index contributed by atoms with van der Waals surface area (Å²) in [6, 6.07) is 0. The van der Waals surface area contributed by atoms with Crippen LogP contribution in [0.3, 0.4) is 0 Å². The standard InChI is InChI=1S/C2H7N2.Mn.Na.H/c3-1-2-4;;;/h3H,1-2,4H2;;;/q-1;;+1;-1. The van der Waals surface area contributed by atoms with E-state index in [1.165, 1.54) is 0 Å². The average molecular weight is 138 g/mol. The van der Waals surface area contributed by atoms with Crippen molar-refractivity contribution in [2.75, 3.05) is 13.1 Å². The Morgan fingerprint density at radius 3 is 1.83 bits per heavy atom. The van der Waals surface area contributed by atoms with Crippen molar-refractivity contribution < 1.29 is 48.1 Å². The second kappa shape index (κ2) is 16.1. The van der Waals surface area contributed by atoms with Crippen molar-refractivity contribution in [3.05, 3.63) is 5.73 Å². The van der Waals surface area contributed by atoms with Gasteiger partial charge in [0.1, 0.15) is 0 Å². The first-order valence-corrected chi connectivity index (χ1v) is 1.26. The van der Waals surface area contributed by atoms with Crippen LogP contribution >= 0.6 is 0 Å². The summed E-state index contributed by atoms with van der Waals surface area (Å²) in [4.78, 5) is 0. The SMILES string of the molecule is [H-].[Mn].[NH-]CCN.[Na+]. The van der Waals surface area contributed by atoms with Gasteiger partial charge in [-0.25, -0.2) is 0 Å². The Morgan fingerprint density at radius 1 is 1.67 bits per heavy atom. The van der Waals surface area contributed by atoms with Crippen molar-refractivity contribution in [2.45, 2.75) is 0 Å². The van der Waals surface area contributed by atoms with Crippen molar-refractivity contribution in [1.82, 2.24) is 0 Å². The Hall–Kier alpha value is 1.44. The minimum Gasteiger partial charge on any atom is -1.00 e. The van der Waals surface area contributed by atoms with Gasteiger partial charge >= 0.3 is 29.6 Å². The minimum atomic E-state index is 0. The van der Waals surface area contributed by atoms with Crippen LogP contribution in [0.1, 0.15) is 1.43 Å². The molecule has 0 spiro atoms. The molecule has 0 aromatic heterocycles. The Kier molecular flexibility index (Phi) is 42.0. The average Bonchev–Trinajstić information content (AvgIpc) is 1.37. The molecule has 35 valence electrons. The molecule has 0 saturated carbocycles. The molecule has 0 heterocycles. The van der Waals surface area contributed by atoms with E-state index in [4.69, 9.17) is 11.5 Å². The van der Waals surface area contributed by atoms with Crippen molar-refractivity contribution in [2.24, 2.45) is 5.73 Å². The van der Waals surface area contributed by atoms with Gasteiger partial charge in [-0.2, -0.15) is 0 Å². The summed E-state index contributed by atoms with van der Waals surface area (Å²) in [6.45, 7) is 0.833. The molecule has 0 fully saturated rings. The molecule has 0 atom stereocenters. The smallest absolute Gasteiger partial charge is 1.00 e. The van der Waals surface area contributed by atoms with Gasteiger partial charge in [0.25, 0.3) is 0 Å². The molecule has 0 saturated heterocycles. The van der Waals surface area contributed by atoms with Crippen molar-refractivity contribution in [1.29, 1.82) is 0 Å². The fourth-order valence-corrected chi connectivity index (χ4v) is 0. The molecular formula is C2H8MnN2Na-. The Balaban J connectivity index is -0.0000000150. The second-order valence-corrected chi connectivity index (χ2v) is 0.539. The number of hydrogen-bond acceptors (Lipinski definition) is 1. The molecule has 0 aliphatic heterocycles. The summed E-state index contributed by atoms with van der Waals surface area (Å²) < 4.78 is 0. The molecule has 0 aliphatic rings. The molecule has 0 aromatic rings. The van der Waals surface area contributed by atoms with Gasteiger partial charge in [-0.1, -0.05) is 0 Å². The van der Waals surface area contributed by atoms with E-state index < -0.39 is 0 Å². The molecule has 1 radical (unpaired) electrons. The fourth-order valence-electron chi connectivity index (χ4n) is 0. The molecular weight excluding hydrogens is 130 g/mol. The maximum Gasteiger partial charge on any atom is 1.00 e. The third-order valence-corrected chi connectivity index (χ3v) is 0.144. The fraction of sp³-hybridized carbons (Fsp3) is 1.00. The molecule has 4 heteroatoms. The van der Waals surface area contributed by atoms with Gasteiger partial charge in [0.15, 0.2) is 0 Å². The van der Waals surface area contributed by atoms with Crippen LogP contribution in [0.15, 0.2) is 0 Å². The predicted octanol–water partition coefficient (Wildman–Crippen LogP) is -2.89. The summed E-state index contributed by atoms with van der Waals surface area (Å²) in [5.41, 5.74) is 11.2. The molecule has 0 aliphatic carbocycles. The Morgan fingerprint density at radius 2 is 1.83 bits per heavy atom. The maximum atomic E-state index is 6.33. The minimum absolute atomic E-state index is 0. The van der Waals surface area contributed by atoms with Crippen LogP contribution in [0.25, 0.3) is 5.73 Å². The molecule has 2 nitrogen and oxygen atoms in total. The van der Waals surface area contributed by atoms with E-state index in [0.29, 0.717) is 13.1 Å². The van der Waals surface area contributed by atoms with E-state index in [1.54, 1.807) is 0 Å². The summed E-state index contributed by atoms with van der Waals surface area (Å²) >= 11 is 0. The number of rotatable bonds is 1. The molecule has 0 bridgehead atoms. The van der Waals surface area contributed by atoms with Crippen LogP contribution in [-0.4, -0.2) is 13.1 Å². The van der Waals surface area contributed by atoms with E-state index in [9.17, 15) is 0 Å². The topological polar surface area (TPSA) is 49.8 Å². The number of nitrogens with two attached hydrogens (primary N) is 1. The molecule has 0 rings (SSSR count). The van der Waals surface area contributed by atoms with E-state index in [1.807, 2.05) is 0 Å². The third kappa shape index (κ3) is 18.0. The molecule has 0 aromatic carbocycles. The monoisotopic (exact) mass is 138 g/mol. The number of nitrogens with one attached hydrogen (secondary N) is 1. The van der Waals surface area contributed by atoms with Crippen LogP contribution in [0.5, 0.6) is 0 Å². The molecule has 0 unspecified atom stereocenters. The van der Waals surface area contributed by atoms with E-state index >= 15 is 0 Å². The zero-order chi connectivity index (χ0) is 3.41. The van der Waals surface area contributed by atoms with Crippen LogP contribution < -0.4 is 35.3 Å². The first-order valence-electron chi connectivity index (χ1n) is 1.26. The first kappa shape index (κ1) is 15.7. The number of hydrogen-bond donors (Lipinski definition) is 1. The second-order valence-electron chi connectivity index (χ2n) is 0.539.